The predicted molar refractivity (Wildman–Crippen MR) is 55.2 cm³/mol. The molecule has 0 aromatic carbocycles. The van der Waals surface area contributed by atoms with Crippen molar-refractivity contribution >= 4 is 11.9 Å². The van der Waals surface area contributed by atoms with Gasteiger partial charge in [0.15, 0.2) is 0 Å². The largest absolute Gasteiger partial charge is 0.465 e. The summed E-state index contributed by atoms with van der Waals surface area (Å²) in [6.45, 7) is 5.68. The van der Waals surface area contributed by atoms with E-state index in [-0.39, 0.29) is 18.3 Å². The van der Waals surface area contributed by atoms with Crippen molar-refractivity contribution in [3.05, 3.63) is 0 Å². The third-order valence-corrected chi connectivity index (χ3v) is 2.08. The molecule has 1 aliphatic rings. The molecule has 1 saturated heterocycles. The zero-order valence-corrected chi connectivity index (χ0v) is 9.21. The average Bonchev–Trinajstić information content (AvgIpc) is 2.18. The lowest BCUT2D eigenvalue weighted by molar-refractivity contribution is -0.147. The van der Waals surface area contributed by atoms with Crippen molar-refractivity contribution in [2.45, 2.75) is 26.3 Å². The van der Waals surface area contributed by atoms with Gasteiger partial charge in [0.2, 0.25) is 5.91 Å². The molecule has 0 aromatic rings. The van der Waals surface area contributed by atoms with Crippen LogP contribution < -0.4 is 10.6 Å². The van der Waals surface area contributed by atoms with Crippen LogP contribution in [0.4, 0.5) is 0 Å². The summed E-state index contributed by atoms with van der Waals surface area (Å²) >= 11 is 0. The van der Waals surface area contributed by atoms with Gasteiger partial charge in [-0.3, -0.25) is 9.59 Å². The Labute approximate surface area is 89.6 Å². The molecule has 1 fully saturated rings. The Bertz CT molecular complexity index is 241. The SMILES string of the molecule is CC(C)COC(=O)C[C@@H]1NCCNC1=O. The van der Waals surface area contributed by atoms with Gasteiger partial charge in [0.05, 0.1) is 19.1 Å². The van der Waals surface area contributed by atoms with E-state index in [4.69, 9.17) is 4.74 Å². The van der Waals surface area contributed by atoms with Gasteiger partial charge in [0.1, 0.15) is 0 Å². The van der Waals surface area contributed by atoms with E-state index in [2.05, 4.69) is 10.6 Å². The maximum absolute atomic E-state index is 11.3. The summed E-state index contributed by atoms with van der Waals surface area (Å²) in [5.74, 6) is -0.122. The normalized spacial score (nSPS) is 21.3. The summed E-state index contributed by atoms with van der Waals surface area (Å²) in [7, 11) is 0. The molecule has 0 bridgehead atoms. The van der Waals surface area contributed by atoms with Gasteiger partial charge in [0, 0.05) is 13.1 Å². The number of ether oxygens (including phenoxy) is 1. The molecule has 15 heavy (non-hydrogen) atoms. The van der Waals surface area contributed by atoms with Crippen LogP contribution in [-0.4, -0.2) is 37.6 Å². The third kappa shape index (κ3) is 4.29. The Morgan fingerprint density at radius 1 is 1.53 bits per heavy atom. The second kappa shape index (κ2) is 5.70. The number of hydrogen-bond acceptors (Lipinski definition) is 4. The number of amides is 1. The van der Waals surface area contributed by atoms with Crippen molar-refractivity contribution < 1.29 is 14.3 Å². The highest BCUT2D eigenvalue weighted by Crippen LogP contribution is 2.00. The van der Waals surface area contributed by atoms with Gasteiger partial charge in [-0.2, -0.15) is 0 Å². The highest BCUT2D eigenvalue weighted by Gasteiger charge is 2.24. The van der Waals surface area contributed by atoms with Gasteiger partial charge in [-0.25, -0.2) is 0 Å². The summed E-state index contributed by atoms with van der Waals surface area (Å²) in [5, 5.41) is 5.67. The lowest BCUT2D eigenvalue weighted by Gasteiger charge is -2.22. The molecule has 0 saturated carbocycles. The van der Waals surface area contributed by atoms with Gasteiger partial charge >= 0.3 is 5.97 Å². The Kier molecular flexibility index (Phi) is 4.55. The summed E-state index contributed by atoms with van der Waals surface area (Å²) in [6, 6.07) is -0.432. The maximum Gasteiger partial charge on any atom is 0.307 e. The van der Waals surface area contributed by atoms with Crippen LogP contribution in [0.5, 0.6) is 0 Å². The number of rotatable bonds is 4. The van der Waals surface area contributed by atoms with Crippen LogP contribution in [0, 0.1) is 5.92 Å². The fourth-order valence-electron chi connectivity index (χ4n) is 1.30. The van der Waals surface area contributed by atoms with E-state index >= 15 is 0 Å². The molecule has 1 aliphatic heterocycles. The van der Waals surface area contributed by atoms with Gasteiger partial charge in [-0.15, -0.1) is 0 Å². The first-order valence-corrected chi connectivity index (χ1v) is 5.26. The molecule has 1 atom stereocenters. The number of carbonyl (C=O) groups excluding carboxylic acids is 2. The smallest absolute Gasteiger partial charge is 0.307 e. The molecule has 2 N–H and O–H groups in total. The third-order valence-electron chi connectivity index (χ3n) is 2.08. The molecule has 1 amide bonds. The second-order valence-corrected chi connectivity index (χ2v) is 4.08. The Balaban J connectivity index is 2.27. The summed E-state index contributed by atoms with van der Waals surface area (Å²) in [6.07, 6.45) is 0.110. The van der Waals surface area contributed by atoms with Gasteiger partial charge < -0.3 is 15.4 Å². The summed E-state index contributed by atoms with van der Waals surface area (Å²) in [4.78, 5) is 22.6. The molecule has 5 nitrogen and oxygen atoms in total. The van der Waals surface area contributed by atoms with Gasteiger partial charge in [-0.05, 0) is 5.92 Å². The zero-order chi connectivity index (χ0) is 11.3. The fourth-order valence-corrected chi connectivity index (χ4v) is 1.30. The Morgan fingerprint density at radius 3 is 2.87 bits per heavy atom. The van der Waals surface area contributed by atoms with E-state index in [0.717, 1.165) is 0 Å². The highest BCUT2D eigenvalue weighted by atomic mass is 16.5. The van der Waals surface area contributed by atoms with Gasteiger partial charge in [-0.1, -0.05) is 13.8 Å². The number of nitrogens with one attached hydrogen (secondary N) is 2. The van der Waals surface area contributed by atoms with E-state index in [9.17, 15) is 9.59 Å². The molecule has 1 heterocycles. The molecule has 86 valence electrons. The maximum atomic E-state index is 11.3. The van der Waals surface area contributed by atoms with E-state index < -0.39 is 6.04 Å². The van der Waals surface area contributed by atoms with Crippen LogP contribution in [-0.2, 0) is 14.3 Å². The van der Waals surface area contributed by atoms with Crippen LogP contribution in [0.25, 0.3) is 0 Å². The van der Waals surface area contributed by atoms with Crippen LogP contribution in [0.1, 0.15) is 20.3 Å². The average molecular weight is 214 g/mol. The molecule has 0 unspecified atom stereocenters. The molecular formula is C10H18N2O3. The van der Waals surface area contributed by atoms with E-state index in [1.165, 1.54) is 0 Å². The molecule has 0 radical (unpaired) electrons. The van der Waals surface area contributed by atoms with Gasteiger partial charge in [0.25, 0.3) is 0 Å². The van der Waals surface area contributed by atoms with Crippen LogP contribution >= 0.6 is 0 Å². The molecule has 1 rings (SSSR count). The quantitative estimate of drug-likeness (QED) is 0.628. The van der Waals surface area contributed by atoms with Crippen molar-refractivity contribution in [3.8, 4) is 0 Å². The minimum Gasteiger partial charge on any atom is -0.465 e. The molecule has 0 aliphatic carbocycles. The molecule has 5 heteroatoms. The topological polar surface area (TPSA) is 67.4 Å². The van der Waals surface area contributed by atoms with E-state index in [1.54, 1.807) is 0 Å². The lowest BCUT2D eigenvalue weighted by atomic mass is 10.1. The monoisotopic (exact) mass is 214 g/mol. The Morgan fingerprint density at radius 2 is 2.27 bits per heavy atom. The molecule has 0 aromatic heterocycles. The van der Waals surface area contributed by atoms with Crippen molar-refractivity contribution in [1.29, 1.82) is 0 Å². The summed E-state index contributed by atoms with van der Waals surface area (Å²) in [5.41, 5.74) is 0. The number of esters is 1. The van der Waals surface area contributed by atoms with E-state index in [0.29, 0.717) is 25.6 Å². The number of carbonyl (C=O) groups is 2. The second-order valence-electron chi connectivity index (χ2n) is 4.08. The first-order chi connectivity index (χ1) is 7.09. The van der Waals surface area contributed by atoms with Crippen molar-refractivity contribution in [1.82, 2.24) is 10.6 Å². The number of piperazine rings is 1. The minimum atomic E-state index is -0.432. The zero-order valence-electron chi connectivity index (χ0n) is 9.21. The molecule has 0 spiro atoms. The predicted octanol–water partition coefficient (Wildman–Crippen LogP) is -0.336. The Hall–Kier alpha value is -1.10. The van der Waals surface area contributed by atoms with Crippen LogP contribution in [0.2, 0.25) is 0 Å². The lowest BCUT2D eigenvalue weighted by Crippen LogP contribution is -2.53. The first kappa shape index (κ1) is 12.0. The van der Waals surface area contributed by atoms with Crippen molar-refractivity contribution in [2.24, 2.45) is 5.92 Å². The fraction of sp³-hybridized carbons (Fsp3) is 0.800. The first-order valence-electron chi connectivity index (χ1n) is 5.26. The highest BCUT2D eigenvalue weighted by molar-refractivity contribution is 5.87. The van der Waals surface area contributed by atoms with Crippen LogP contribution in [0.3, 0.4) is 0 Å². The van der Waals surface area contributed by atoms with Crippen molar-refractivity contribution in [3.63, 3.8) is 0 Å². The van der Waals surface area contributed by atoms with Crippen molar-refractivity contribution in [2.75, 3.05) is 19.7 Å². The molecular weight excluding hydrogens is 196 g/mol. The summed E-state index contributed by atoms with van der Waals surface area (Å²) < 4.78 is 5.00. The van der Waals surface area contributed by atoms with Crippen LogP contribution in [0.15, 0.2) is 0 Å². The number of hydrogen-bond donors (Lipinski definition) is 2. The standard InChI is InChI=1S/C10H18N2O3/c1-7(2)6-15-9(13)5-8-10(14)12-4-3-11-8/h7-8,11H,3-6H2,1-2H3,(H,12,14)/t8-/m0/s1. The van der Waals surface area contributed by atoms with E-state index in [1.807, 2.05) is 13.8 Å². The minimum absolute atomic E-state index is 0.110.